The van der Waals surface area contributed by atoms with E-state index in [9.17, 15) is 0 Å². The van der Waals surface area contributed by atoms with Crippen LogP contribution in [0.15, 0.2) is 49.1 Å². The van der Waals surface area contributed by atoms with Crippen molar-refractivity contribution in [3.63, 3.8) is 0 Å². The van der Waals surface area contributed by atoms with Crippen LogP contribution in [0.2, 0.25) is 0 Å². The molecule has 0 fully saturated rings. The molecular weight excluding hydrogens is 266 g/mol. The van der Waals surface area contributed by atoms with Crippen molar-refractivity contribution in [2.45, 2.75) is 13.0 Å². The van der Waals surface area contributed by atoms with E-state index in [2.05, 4.69) is 32.6 Å². The molecule has 0 atom stereocenters. The van der Waals surface area contributed by atoms with Gasteiger partial charge in [0, 0.05) is 18.9 Å². The molecule has 0 bridgehead atoms. The van der Waals surface area contributed by atoms with Crippen LogP contribution in [0.5, 0.6) is 5.88 Å². The maximum atomic E-state index is 5.66. The third-order valence-corrected chi connectivity index (χ3v) is 3.09. The molecule has 0 saturated carbocycles. The average molecular weight is 283 g/mol. The van der Waals surface area contributed by atoms with Crippen molar-refractivity contribution in [1.29, 1.82) is 0 Å². The molecule has 0 aliphatic rings. The Labute approximate surface area is 122 Å². The summed E-state index contributed by atoms with van der Waals surface area (Å²) >= 11 is 0. The molecule has 6 nitrogen and oxygen atoms in total. The van der Waals surface area contributed by atoms with Crippen LogP contribution < -0.4 is 10.1 Å². The number of aromatic nitrogens is 4. The van der Waals surface area contributed by atoms with Gasteiger partial charge in [-0.2, -0.15) is 0 Å². The van der Waals surface area contributed by atoms with Crippen LogP contribution in [0.1, 0.15) is 12.0 Å². The van der Waals surface area contributed by atoms with E-state index in [0.29, 0.717) is 18.1 Å². The van der Waals surface area contributed by atoms with E-state index >= 15 is 0 Å². The van der Waals surface area contributed by atoms with Gasteiger partial charge < -0.3 is 10.1 Å². The van der Waals surface area contributed by atoms with Crippen molar-refractivity contribution < 1.29 is 4.74 Å². The number of hydrogen-bond acceptors (Lipinski definition) is 5. The lowest BCUT2D eigenvalue weighted by atomic mass is 10.2. The predicted molar refractivity (Wildman–Crippen MR) is 79.0 cm³/mol. The molecule has 0 unspecified atom stereocenters. The van der Waals surface area contributed by atoms with Gasteiger partial charge in [-0.1, -0.05) is 30.3 Å². The first-order valence-electron chi connectivity index (χ1n) is 6.95. The Hall–Kier alpha value is -2.47. The number of benzene rings is 1. The zero-order valence-electron chi connectivity index (χ0n) is 11.6. The maximum Gasteiger partial charge on any atom is 0.260 e. The fourth-order valence-corrected chi connectivity index (χ4v) is 2.03. The minimum Gasteiger partial charge on any atom is -0.475 e. The van der Waals surface area contributed by atoms with E-state index in [1.165, 1.54) is 5.56 Å². The summed E-state index contributed by atoms with van der Waals surface area (Å²) in [4.78, 5) is 4.18. The molecule has 0 amide bonds. The lowest BCUT2D eigenvalue weighted by molar-refractivity contribution is 0.298. The molecule has 0 aliphatic carbocycles. The largest absolute Gasteiger partial charge is 0.475 e. The minimum absolute atomic E-state index is 0.526. The number of rotatable bonds is 7. The van der Waals surface area contributed by atoms with Gasteiger partial charge in [-0.3, -0.25) is 4.40 Å². The highest BCUT2D eigenvalue weighted by Crippen LogP contribution is 2.12. The van der Waals surface area contributed by atoms with Crippen molar-refractivity contribution in [3.8, 4) is 5.88 Å². The Morgan fingerprint density at radius 1 is 1.19 bits per heavy atom. The van der Waals surface area contributed by atoms with E-state index in [0.717, 1.165) is 19.5 Å². The van der Waals surface area contributed by atoms with Crippen LogP contribution in [0.3, 0.4) is 0 Å². The lowest BCUT2D eigenvalue weighted by Crippen LogP contribution is -2.17. The molecule has 1 aromatic carbocycles. The molecule has 0 aliphatic heterocycles. The molecule has 108 valence electrons. The molecule has 21 heavy (non-hydrogen) atoms. The summed E-state index contributed by atoms with van der Waals surface area (Å²) in [6.07, 6.45) is 6.01. The minimum atomic E-state index is 0.526. The van der Waals surface area contributed by atoms with Crippen molar-refractivity contribution in [2.24, 2.45) is 0 Å². The smallest absolute Gasteiger partial charge is 0.260 e. The molecule has 6 heteroatoms. The standard InChI is InChI=1S/C15H17N5O/c1-2-5-13(6-3-1)11-16-7-4-10-21-15-14-19-18-12-20(14)9-8-17-15/h1-3,5-6,8-9,12,16H,4,7,10-11H2. The van der Waals surface area contributed by atoms with Gasteiger partial charge in [-0.05, 0) is 18.5 Å². The lowest BCUT2D eigenvalue weighted by Gasteiger charge is -2.07. The summed E-state index contributed by atoms with van der Waals surface area (Å²) < 4.78 is 7.44. The third-order valence-electron chi connectivity index (χ3n) is 3.09. The van der Waals surface area contributed by atoms with Crippen molar-refractivity contribution in [1.82, 2.24) is 24.9 Å². The molecule has 3 rings (SSSR count). The summed E-state index contributed by atoms with van der Waals surface area (Å²) in [7, 11) is 0. The third kappa shape index (κ3) is 3.55. The average Bonchev–Trinajstić information content (AvgIpc) is 3.01. The van der Waals surface area contributed by atoms with Crippen LogP contribution in [0.25, 0.3) is 5.65 Å². The molecule has 0 saturated heterocycles. The second kappa shape index (κ2) is 6.81. The van der Waals surface area contributed by atoms with Gasteiger partial charge in [0.2, 0.25) is 5.65 Å². The second-order valence-electron chi connectivity index (χ2n) is 4.66. The van der Waals surface area contributed by atoms with Crippen LogP contribution in [-0.2, 0) is 6.54 Å². The first-order chi connectivity index (χ1) is 10.4. The first-order valence-corrected chi connectivity index (χ1v) is 6.95. The van der Waals surface area contributed by atoms with Gasteiger partial charge in [0.1, 0.15) is 6.33 Å². The van der Waals surface area contributed by atoms with Gasteiger partial charge >= 0.3 is 0 Å². The SMILES string of the molecule is c1ccc(CNCCCOc2nccn3cnnc23)cc1. The first kappa shape index (κ1) is 13.5. The topological polar surface area (TPSA) is 64.3 Å². The van der Waals surface area contributed by atoms with E-state index in [1.807, 2.05) is 18.2 Å². The van der Waals surface area contributed by atoms with Crippen LogP contribution in [-0.4, -0.2) is 32.7 Å². The fourth-order valence-electron chi connectivity index (χ4n) is 2.03. The molecule has 2 heterocycles. The number of nitrogens with zero attached hydrogens (tertiary/aromatic N) is 4. The summed E-state index contributed by atoms with van der Waals surface area (Å²) in [6, 6.07) is 10.3. The van der Waals surface area contributed by atoms with E-state index in [4.69, 9.17) is 4.74 Å². The van der Waals surface area contributed by atoms with Crippen molar-refractivity contribution >= 4 is 5.65 Å². The summed E-state index contributed by atoms with van der Waals surface area (Å²) in [5, 5.41) is 11.2. The normalized spacial score (nSPS) is 10.9. The molecule has 3 aromatic rings. The highest BCUT2D eigenvalue weighted by molar-refractivity contribution is 5.47. The second-order valence-corrected chi connectivity index (χ2v) is 4.66. The summed E-state index contributed by atoms with van der Waals surface area (Å²) in [5.74, 6) is 0.526. The number of fused-ring (bicyclic) bond motifs is 1. The Bertz CT molecular complexity index is 683. The Balaban J connectivity index is 1.40. The van der Waals surface area contributed by atoms with Crippen molar-refractivity contribution in [3.05, 3.63) is 54.6 Å². The highest BCUT2D eigenvalue weighted by atomic mass is 16.5. The maximum absolute atomic E-state index is 5.66. The summed E-state index contributed by atoms with van der Waals surface area (Å²) in [6.45, 7) is 2.37. The predicted octanol–water partition coefficient (Wildman–Crippen LogP) is 1.68. The molecule has 0 radical (unpaired) electrons. The van der Waals surface area contributed by atoms with Gasteiger partial charge in [-0.25, -0.2) is 4.98 Å². The molecule has 0 spiro atoms. The van der Waals surface area contributed by atoms with Gasteiger partial charge in [0.15, 0.2) is 0 Å². The fraction of sp³-hybridized carbons (Fsp3) is 0.267. The monoisotopic (exact) mass is 283 g/mol. The highest BCUT2D eigenvalue weighted by Gasteiger charge is 2.05. The molecule has 1 N–H and O–H groups in total. The van der Waals surface area contributed by atoms with Gasteiger partial charge in [-0.15, -0.1) is 10.2 Å². The molecular formula is C15H17N5O. The van der Waals surface area contributed by atoms with E-state index in [1.54, 1.807) is 23.1 Å². The van der Waals surface area contributed by atoms with Gasteiger partial charge in [0.05, 0.1) is 6.61 Å². The Morgan fingerprint density at radius 3 is 3.00 bits per heavy atom. The number of ether oxygens (including phenoxy) is 1. The van der Waals surface area contributed by atoms with Crippen LogP contribution in [0.4, 0.5) is 0 Å². The Kier molecular flexibility index (Phi) is 4.38. The number of nitrogens with one attached hydrogen (secondary N) is 1. The number of hydrogen-bond donors (Lipinski definition) is 1. The Morgan fingerprint density at radius 2 is 2.10 bits per heavy atom. The molecule has 2 aromatic heterocycles. The van der Waals surface area contributed by atoms with Gasteiger partial charge in [0.25, 0.3) is 5.88 Å². The quantitative estimate of drug-likeness (QED) is 0.668. The van der Waals surface area contributed by atoms with E-state index < -0.39 is 0 Å². The zero-order valence-corrected chi connectivity index (χ0v) is 11.6. The van der Waals surface area contributed by atoms with Crippen LogP contribution in [0, 0.1) is 0 Å². The summed E-state index contributed by atoms with van der Waals surface area (Å²) in [5.41, 5.74) is 1.93. The zero-order chi connectivity index (χ0) is 14.3. The van der Waals surface area contributed by atoms with E-state index in [-0.39, 0.29) is 0 Å². The van der Waals surface area contributed by atoms with Crippen molar-refractivity contribution in [2.75, 3.05) is 13.2 Å². The van der Waals surface area contributed by atoms with Crippen LogP contribution >= 0.6 is 0 Å².